The summed E-state index contributed by atoms with van der Waals surface area (Å²) in [5.41, 5.74) is 11.1. The molecule has 3 aromatic carbocycles. The molecule has 0 unspecified atom stereocenters. The molecular weight excluding hydrogens is 336 g/mol. The molecule has 0 atom stereocenters. The van der Waals surface area contributed by atoms with Gasteiger partial charge in [-0.2, -0.15) is 0 Å². The molecule has 0 heteroatoms. The van der Waals surface area contributed by atoms with E-state index in [0.717, 1.165) is 0 Å². The Morgan fingerprint density at radius 3 is 1.43 bits per heavy atom. The molecule has 3 rings (SSSR count). The van der Waals surface area contributed by atoms with Crippen molar-refractivity contribution in [2.24, 2.45) is 0 Å². The van der Waals surface area contributed by atoms with Gasteiger partial charge in [-0.3, -0.25) is 0 Å². The Morgan fingerprint density at radius 2 is 0.964 bits per heavy atom. The van der Waals surface area contributed by atoms with Gasteiger partial charge in [0.15, 0.2) is 0 Å². The minimum absolute atomic E-state index is 0.177. The Hall–Kier alpha value is -2.34. The number of hydrogen-bond acceptors (Lipinski definition) is 0. The predicted octanol–water partition coefficient (Wildman–Crippen LogP) is 8.23. The first-order chi connectivity index (χ1) is 13.0. The Balaban J connectivity index is 1.92. The molecule has 0 N–H and O–H groups in total. The lowest BCUT2D eigenvalue weighted by Gasteiger charge is -2.23. The van der Waals surface area contributed by atoms with E-state index >= 15 is 0 Å². The van der Waals surface area contributed by atoms with E-state index in [-0.39, 0.29) is 10.8 Å². The highest BCUT2D eigenvalue weighted by atomic mass is 14.2. The van der Waals surface area contributed by atoms with Gasteiger partial charge in [-0.25, -0.2) is 0 Å². The van der Waals surface area contributed by atoms with E-state index in [9.17, 15) is 0 Å². The lowest BCUT2D eigenvalue weighted by molar-refractivity contribution is 0.585. The van der Waals surface area contributed by atoms with Gasteiger partial charge < -0.3 is 0 Å². The summed E-state index contributed by atoms with van der Waals surface area (Å²) >= 11 is 0. The number of aryl methyl sites for hydroxylation is 2. The third-order valence-electron chi connectivity index (χ3n) is 5.66. The Kier molecular flexibility index (Phi) is 5.28. The fourth-order valence-corrected chi connectivity index (χ4v) is 3.94. The molecule has 0 aliphatic carbocycles. The van der Waals surface area contributed by atoms with Gasteiger partial charge in [0.25, 0.3) is 0 Å². The number of benzene rings is 3. The Labute approximate surface area is 171 Å². The molecule has 146 valence electrons. The van der Waals surface area contributed by atoms with Crippen LogP contribution in [0.2, 0.25) is 0 Å². The second-order valence-corrected chi connectivity index (χ2v) is 10.1. The zero-order chi connectivity index (χ0) is 20.7. The smallest absolute Gasteiger partial charge is 0.0129 e. The van der Waals surface area contributed by atoms with Gasteiger partial charge in [0, 0.05) is 0 Å². The molecule has 0 amide bonds. The average molecular weight is 371 g/mol. The highest BCUT2D eigenvalue weighted by Gasteiger charge is 2.18. The topological polar surface area (TPSA) is 0 Å². The molecule has 0 aliphatic rings. The maximum atomic E-state index is 2.36. The van der Waals surface area contributed by atoms with E-state index in [1.54, 1.807) is 0 Å². The van der Waals surface area contributed by atoms with Crippen LogP contribution in [0.4, 0.5) is 0 Å². The van der Waals surface area contributed by atoms with Crippen LogP contribution in [-0.2, 0) is 10.8 Å². The van der Waals surface area contributed by atoms with Crippen LogP contribution in [0.25, 0.3) is 22.3 Å². The monoisotopic (exact) mass is 370 g/mol. The zero-order valence-corrected chi connectivity index (χ0v) is 18.8. The SMILES string of the molecule is Cc1cc(C(C)(C)C)c(C)cc1-c1ccc(-c2ccc(C(C)(C)C)cc2)cc1. The molecule has 0 aromatic heterocycles. The van der Waals surface area contributed by atoms with E-state index in [4.69, 9.17) is 0 Å². The van der Waals surface area contributed by atoms with Crippen LogP contribution < -0.4 is 0 Å². The van der Waals surface area contributed by atoms with Gasteiger partial charge >= 0.3 is 0 Å². The van der Waals surface area contributed by atoms with Crippen molar-refractivity contribution in [1.29, 1.82) is 0 Å². The molecular formula is C28H34. The zero-order valence-electron chi connectivity index (χ0n) is 18.8. The molecule has 0 spiro atoms. The lowest BCUT2D eigenvalue weighted by atomic mass is 9.81. The van der Waals surface area contributed by atoms with Crippen molar-refractivity contribution >= 4 is 0 Å². The van der Waals surface area contributed by atoms with Crippen molar-refractivity contribution < 1.29 is 0 Å². The van der Waals surface area contributed by atoms with Crippen molar-refractivity contribution in [3.05, 3.63) is 82.9 Å². The summed E-state index contributed by atoms with van der Waals surface area (Å²) < 4.78 is 0. The summed E-state index contributed by atoms with van der Waals surface area (Å²) in [7, 11) is 0. The van der Waals surface area contributed by atoms with Crippen LogP contribution in [0, 0.1) is 13.8 Å². The summed E-state index contributed by atoms with van der Waals surface area (Å²) in [6.45, 7) is 18.1. The quantitative estimate of drug-likeness (QED) is 0.426. The molecule has 0 aliphatic heterocycles. The predicted molar refractivity (Wildman–Crippen MR) is 124 cm³/mol. The fraction of sp³-hybridized carbons (Fsp3) is 0.357. The third kappa shape index (κ3) is 4.22. The summed E-state index contributed by atoms with van der Waals surface area (Å²) in [4.78, 5) is 0. The summed E-state index contributed by atoms with van der Waals surface area (Å²) in [5, 5.41) is 0. The van der Waals surface area contributed by atoms with Gasteiger partial charge in [0.05, 0.1) is 0 Å². The Bertz CT molecular complexity index is 957. The first kappa shape index (κ1) is 20.4. The van der Waals surface area contributed by atoms with E-state index in [1.165, 1.54) is 44.5 Å². The largest absolute Gasteiger partial charge is 0.0579 e. The van der Waals surface area contributed by atoms with Crippen LogP contribution in [-0.4, -0.2) is 0 Å². The van der Waals surface area contributed by atoms with Crippen LogP contribution >= 0.6 is 0 Å². The third-order valence-corrected chi connectivity index (χ3v) is 5.66. The van der Waals surface area contributed by atoms with E-state index in [2.05, 4.69) is 116 Å². The van der Waals surface area contributed by atoms with Crippen molar-refractivity contribution in [2.75, 3.05) is 0 Å². The maximum absolute atomic E-state index is 2.36. The Morgan fingerprint density at radius 1 is 0.500 bits per heavy atom. The highest BCUT2D eigenvalue weighted by Crippen LogP contribution is 2.33. The minimum Gasteiger partial charge on any atom is -0.0579 e. The molecule has 0 bridgehead atoms. The van der Waals surface area contributed by atoms with Crippen molar-refractivity contribution in [2.45, 2.75) is 66.2 Å². The average Bonchev–Trinajstić information content (AvgIpc) is 2.62. The molecule has 0 saturated carbocycles. The summed E-state index contributed by atoms with van der Waals surface area (Å²) in [6, 6.07) is 22.7. The molecule has 28 heavy (non-hydrogen) atoms. The van der Waals surface area contributed by atoms with Crippen molar-refractivity contribution in [3.63, 3.8) is 0 Å². The van der Waals surface area contributed by atoms with Gasteiger partial charge in [-0.05, 0) is 69.2 Å². The first-order valence-corrected chi connectivity index (χ1v) is 10.3. The fourth-order valence-electron chi connectivity index (χ4n) is 3.94. The van der Waals surface area contributed by atoms with Gasteiger partial charge in [-0.15, -0.1) is 0 Å². The normalized spacial score (nSPS) is 12.3. The standard InChI is InChI=1S/C28H34/c1-19-18-26(28(6,7)8)20(2)17-25(19)23-11-9-21(10-12-23)22-13-15-24(16-14-22)27(3,4)5/h9-18H,1-8H3. The highest BCUT2D eigenvalue weighted by molar-refractivity contribution is 5.73. The molecule has 0 fully saturated rings. The van der Waals surface area contributed by atoms with E-state index in [1.807, 2.05) is 0 Å². The van der Waals surface area contributed by atoms with Crippen LogP contribution in [0.3, 0.4) is 0 Å². The molecule has 0 heterocycles. The van der Waals surface area contributed by atoms with Crippen molar-refractivity contribution in [1.82, 2.24) is 0 Å². The van der Waals surface area contributed by atoms with Crippen LogP contribution in [0.1, 0.15) is 63.8 Å². The van der Waals surface area contributed by atoms with Gasteiger partial charge in [0.1, 0.15) is 0 Å². The molecule has 0 nitrogen and oxygen atoms in total. The minimum atomic E-state index is 0.177. The molecule has 0 saturated heterocycles. The summed E-state index contributed by atoms with van der Waals surface area (Å²) in [5.74, 6) is 0. The molecule has 3 aromatic rings. The second-order valence-electron chi connectivity index (χ2n) is 10.1. The summed E-state index contributed by atoms with van der Waals surface area (Å²) in [6.07, 6.45) is 0. The van der Waals surface area contributed by atoms with Gasteiger partial charge in [-0.1, -0.05) is 102 Å². The van der Waals surface area contributed by atoms with E-state index in [0.29, 0.717) is 0 Å². The molecule has 0 radical (unpaired) electrons. The first-order valence-electron chi connectivity index (χ1n) is 10.3. The number of hydrogen-bond donors (Lipinski definition) is 0. The van der Waals surface area contributed by atoms with E-state index < -0.39 is 0 Å². The number of rotatable bonds is 2. The van der Waals surface area contributed by atoms with Crippen LogP contribution in [0.15, 0.2) is 60.7 Å². The lowest BCUT2D eigenvalue weighted by Crippen LogP contribution is -2.13. The second kappa shape index (κ2) is 7.24. The maximum Gasteiger partial charge on any atom is -0.0129 e. The van der Waals surface area contributed by atoms with Crippen molar-refractivity contribution in [3.8, 4) is 22.3 Å². The van der Waals surface area contributed by atoms with Crippen LogP contribution in [0.5, 0.6) is 0 Å². The van der Waals surface area contributed by atoms with Gasteiger partial charge in [0.2, 0.25) is 0 Å².